The van der Waals surface area contributed by atoms with Crippen LogP contribution in [0.1, 0.15) is 86.1 Å². The second kappa shape index (κ2) is 11.6. The first-order valence-electron chi connectivity index (χ1n) is 13.0. The monoisotopic (exact) mass is 532 g/mol. The molecule has 196 valence electrons. The second-order valence-electron chi connectivity index (χ2n) is 12.7. The Morgan fingerprint density at radius 3 is 1.86 bits per heavy atom. The SMILES string of the molecule is CCC(=O)c1ccc(CCc2ccc(CO[Si](C)(C)C(C)(C)C)c(CO[Si](C)(C)C(C)(C)C)c2)s1. The summed E-state index contributed by atoms with van der Waals surface area (Å²) in [5.74, 6) is 0.234. The molecule has 2 rings (SSSR count). The maximum Gasteiger partial charge on any atom is 0.192 e. The van der Waals surface area contributed by atoms with Crippen molar-refractivity contribution in [1.82, 2.24) is 0 Å². The Bertz CT molecular complexity index is 994. The van der Waals surface area contributed by atoms with E-state index in [1.165, 1.54) is 21.6 Å². The number of ketones is 1. The van der Waals surface area contributed by atoms with Crippen molar-refractivity contribution in [3.63, 3.8) is 0 Å². The van der Waals surface area contributed by atoms with Crippen LogP contribution in [0.15, 0.2) is 30.3 Å². The molecule has 0 N–H and O–H groups in total. The van der Waals surface area contributed by atoms with E-state index in [1.54, 1.807) is 11.3 Å². The van der Waals surface area contributed by atoms with E-state index in [1.807, 2.05) is 13.0 Å². The van der Waals surface area contributed by atoms with Crippen LogP contribution in [0, 0.1) is 0 Å². The Balaban J connectivity index is 2.22. The molecule has 6 heteroatoms. The number of carbonyl (C=O) groups is 1. The molecule has 0 spiro atoms. The van der Waals surface area contributed by atoms with Crippen molar-refractivity contribution in [1.29, 1.82) is 0 Å². The van der Waals surface area contributed by atoms with E-state index < -0.39 is 16.6 Å². The molecule has 0 amide bonds. The molecular weight excluding hydrogens is 485 g/mol. The molecule has 0 saturated carbocycles. The van der Waals surface area contributed by atoms with Gasteiger partial charge in [-0.25, -0.2) is 0 Å². The fraction of sp³-hybridized carbons (Fsp3) is 0.621. The summed E-state index contributed by atoms with van der Waals surface area (Å²) in [7, 11) is -3.70. The third kappa shape index (κ3) is 8.22. The summed E-state index contributed by atoms with van der Waals surface area (Å²) in [6, 6.07) is 10.9. The van der Waals surface area contributed by atoms with Crippen molar-refractivity contribution < 1.29 is 13.6 Å². The first-order chi connectivity index (χ1) is 16.0. The molecule has 1 aromatic heterocycles. The molecule has 0 radical (unpaired) electrons. The van der Waals surface area contributed by atoms with E-state index in [9.17, 15) is 4.79 Å². The van der Waals surface area contributed by atoms with Crippen molar-refractivity contribution in [2.45, 2.75) is 117 Å². The minimum Gasteiger partial charge on any atom is -0.413 e. The molecule has 3 nitrogen and oxygen atoms in total. The maximum absolute atomic E-state index is 12.0. The van der Waals surface area contributed by atoms with Crippen molar-refractivity contribution in [2.24, 2.45) is 0 Å². The van der Waals surface area contributed by atoms with Crippen LogP contribution in [-0.2, 0) is 34.9 Å². The lowest BCUT2D eigenvalue weighted by Gasteiger charge is -2.37. The highest BCUT2D eigenvalue weighted by Gasteiger charge is 2.38. The Morgan fingerprint density at radius 1 is 0.800 bits per heavy atom. The van der Waals surface area contributed by atoms with E-state index >= 15 is 0 Å². The minimum atomic E-state index is -1.86. The molecule has 35 heavy (non-hydrogen) atoms. The average Bonchev–Trinajstić information content (AvgIpc) is 3.22. The van der Waals surface area contributed by atoms with E-state index in [4.69, 9.17) is 8.85 Å². The van der Waals surface area contributed by atoms with Crippen LogP contribution in [0.25, 0.3) is 0 Å². The van der Waals surface area contributed by atoms with Gasteiger partial charge in [0, 0.05) is 11.3 Å². The van der Waals surface area contributed by atoms with Crippen LogP contribution >= 0.6 is 11.3 Å². The van der Waals surface area contributed by atoms with Gasteiger partial charge in [-0.2, -0.15) is 0 Å². The molecule has 0 fully saturated rings. The van der Waals surface area contributed by atoms with Crippen LogP contribution in [0.5, 0.6) is 0 Å². The van der Waals surface area contributed by atoms with Gasteiger partial charge >= 0.3 is 0 Å². The minimum absolute atomic E-state index is 0.176. The van der Waals surface area contributed by atoms with Gasteiger partial charge in [-0.3, -0.25) is 4.79 Å². The van der Waals surface area contributed by atoms with Gasteiger partial charge in [0.1, 0.15) is 0 Å². The largest absolute Gasteiger partial charge is 0.413 e. The number of thiophene rings is 1. The zero-order valence-electron chi connectivity index (χ0n) is 24.1. The first kappa shape index (κ1) is 30.2. The molecule has 0 bridgehead atoms. The number of Topliss-reactive ketones (excluding diaryl/α,β-unsaturated/α-hetero) is 1. The van der Waals surface area contributed by atoms with Gasteiger partial charge in [-0.05, 0) is 77.9 Å². The fourth-order valence-electron chi connectivity index (χ4n) is 3.16. The highest BCUT2D eigenvalue weighted by Crippen LogP contribution is 2.39. The lowest BCUT2D eigenvalue weighted by Crippen LogP contribution is -2.41. The van der Waals surface area contributed by atoms with E-state index in [0.29, 0.717) is 19.6 Å². The third-order valence-electron chi connectivity index (χ3n) is 7.98. The quantitative estimate of drug-likeness (QED) is 0.214. The number of hydrogen-bond acceptors (Lipinski definition) is 4. The maximum atomic E-state index is 12.0. The van der Waals surface area contributed by atoms with Gasteiger partial charge in [0.15, 0.2) is 22.4 Å². The summed E-state index contributed by atoms with van der Waals surface area (Å²) in [6.07, 6.45) is 2.47. The van der Waals surface area contributed by atoms with Gasteiger partial charge in [-0.15, -0.1) is 11.3 Å². The summed E-state index contributed by atoms with van der Waals surface area (Å²) in [5, 5.41) is 0.360. The van der Waals surface area contributed by atoms with E-state index in [2.05, 4.69) is 92.0 Å². The Labute approximate surface area is 220 Å². The number of carbonyl (C=O) groups excluding carboxylic acids is 1. The van der Waals surface area contributed by atoms with Crippen molar-refractivity contribution in [3.8, 4) is 0 Å². The van der Waals surface area contributed by atoms with Crippen LogP contribution in [0.4, 0.5) is 0 Å². The highest BCUT2D eigenvalue weighted by atomic mass is 32.1. The molecule has 0 saturated heterocycles. The molecular formula is C29H48O3SSi2. The van der Waals surface area contributed by atoms with Crippen LogP contribution in [-0.4, -0.2) is 22.4 Å². The molecule has 1 heterocycles. The molecule has 0 aliphatic carbocycles. The van der Waals surface area contributed by atoms with Crippen LogP contribution < -0.4 is 0 Å². The molecule has 2 aromatic rings. The second-order valence-corrected chi connectivity index (χ2v) is 23.5. The smallest absolute Gasteiger partial charge is 0.192 e. The summed E-state index contributed by atoms with van der Waals surface area (Å²) >= 11 is 1.64. The standard InChI is InChI=1S/C29H48O3SSi2/c1-12-26(30)27-18-17-25(33-27)16-14-22-13-15-23(20-31-34(8,9)28(2,3)4)24(19-22)21-32-35(10,11)29(5,6)7/h13,15,17-19H,12,14,16,20-21H2,1-11H3. The summed E-state index contributed by atoms with van der Waals surface area (Å²) in [6.45, 7) is 26.2. The van der Waals surface area contributed by atoms with Crippen molar-refractivity contribution >= 4 is 33.8 Å². The number of benzene rings is 1. The van der Waals surface area contributed by atoms with Gasteiger partial charge < -0.3 is 8.85 Å². The predicted octanol–water partition coefficient (Wildman–Crippen LogP) is 9.17. The average molecular weight is 533 g/mol. The molecule has 1 aromatic carbocycles. The number of hydrogen-bond donors (Lipinski definition) is 0. The Kier molecular flexibility index (Phi) is 9.96. The molecule has 0 unspecified atom stereocenters. The van der Waals surface area contributed by atoms with Crippen molar-refractivity contribution in [3.05, 3.63) is 56.8 Å². The molecule has 0 aliphatic heterocycles. The lowest BCUT2D eigenvalue weighted by atomic mass is 10.0. The first-order valence-corrected chi connectivity index (χ1v) is 19.6. The number of rotatable bonds is 11. The zero-order valence-corrected chi connectivity index (χ0v) is 26.9. The lowest BCUT2D eigenvalue weighted by molar-refractivity contribution is 0.0992. The van der Waals surface area contributed by atoms with E-state index in [-0.39, 0.29) is 15.9 Å². The topological polar surface area (TPSA) is 35.5 Å². The summed E-state index contributed by atoms with van der Waals surface area (Å²) in [4.78, 5) is 14.1. The van der Waals surface area contributed by atoms with Gasteiger partial charge in [0.2, 0.25) is 0 Å². The summed E-state index contributed by atoms with van der Waals surface area (Å²) < 4.78 is 13.2. The summed E-state index contributed by atoms with van der Waals surface area (Å²) in [5.41, 5.74) is 3.80. The number of aryl methyl sites for hydroxylation is 2. The predicted molar refractivity (Wildman–Crippen MR) is 157 cm³/mol. The molecule has 0 atom stereocenters. The van der Waals surface area contributed by atoms with Gasteiger partial charge in [0.25, 0.3) is 0 Å². The normalized spacial score (nSPS) is 13.3. The molecule has 0 aliphatic rings. The Morgan fingerprint density at radius 2 is 1.34 bits per heavy atom. The highest BCUT2D eigenvalue weighted by molar-refractivity contribution is 7.14. The zero-order chi connectivity index (χ0) is 26.7. The van der Waals surface area contributed by atoms with Gasteiger partial charge in [0.05, 0.1) is 18.1 Å². The van der Waals surface area contributed by atoms with E-state index in [0.717, 1.165) is 17.7 Å². The Hall–Kier alpha value is -1.06. The van der Waals surface area contributed by atoms with Gasteiger partial charge in [-0.1, -0.05) is 66.7 Å². The van der Waals surface area contributed by atoms with Crippen LogP contribution in [0.2, 0.25) is 36.3 Å². The fourth-order valence-corrected chi connectivity index (χ4v) is 6.08. The van der Waals surface area contributed by atoms with Crippen molar-refractivity contribution in [2.75, 3.05) is 0 Å². The third-order valence-corrected chi connectivity index (χ3v) is 18.1. The van der Waals surface area contributed by atoms with Crippen LogP contribution in [0.3, 0.4) is 0 Å².